The Kier molecular flexibility index (Phi) is 3.32. The molecule has 0 unspecified atom stereocenters. The molecule has 0 aliphatic carbocycles. The molecule has 0 spiro atoms. The van der Waals surface area contributed by atoms with Crippen LogP contribution in [0.3, 0.4) is 0 Å². The van der Waals surface area contributed by atoms with E-state index < -0.39 is 5.63 Å². The van der Waals surface area contributed by atoms with Gasteiger partial charge < -0.3 is 4.42 Å². The van der Waals surface area contributed by atoms with Crippen LogP contribution < -0.4 is 5.63 Å². The summed E-state index contributed by atoms with van der Waals surface area (Å²) in [7, 11) is 0. The molecule has 0 fully saturated rings. The number of imide groups is 1. The summed E-state index contributed by atoms with van der Waals surface area (Å²) in [6.07, 6.45) is 0. The second kappa shape index (κ2) is 5.41. The lowest BCUT2D eigenvalue weighted by molar-refractivity contribution is 0.0642. The zero-order valence-electron chi connectivity index (χ0n) is 13.8. The van der Waals surface area contributed by atoms with Crippen LogP contribution in [0.5, 0.6) is 0 Å². The minimum absolute atomic E-state index is 0.0386. The van der Waals surface area contributed by atoms with Gasteiger partial charge in [-0.05, 0) is 54.8 Å². The van der Waals surface area contributed by atoms with E-state index >= 15 is 0 Å². The van der Waals surface area contributed by atoms with Crippen LogP contribution in [0.4, 0.5) is 0 Å². The molecule has 0 atom stereocenters. The molecule has 2 aromatic carbocycles. The lowest BCUT2D eigenvalue weighted by Crippen LogP contribution is -2.29. The standard InChI is InChI=1S/C20H15NO4/c1-11-7-16-13(9-18(22)25-17(16)8-12(11)2)10-21-19(23)14-5-3-4-6-15(14)20(21)24/h3-9H,10H2,1-2H3. The predicted molar refractivity (Wildman–Crippen MR) is 92.6 cm³/mol. The number of nitrogens with zero attached hydrogens (tertiary/aromatic N) is 1. The van der Waals surface area contributed by atoms with E-state index in [1.54, 1.807) is 30.3 Å². The molecule has 25 heavy (non-hydrogen) atoms. The number of carbonyl (C=O) groups is 2. The second-order valence-electron chi connectivity index (χ2n) is 6.27. The first-order chi connectivity index (χ1) is 12.0. The van der Waals surface area contributed by atoms with Gasteiger partial charge in [0.15, 0.2) is 0 Å². The van der Waals surface area contributed by atoms with Crippen molar-refractivity contribution < 1.29 is 14.0 Å². The fraction of sp³-hybridized carbons (Fsp3) is 0.150. The molecule has 1 aromatic heterocycles. The first kappa shape index (κ1) is 15.3. The summed E-state index contributed by atoms with van der Waals surface area (Å²) >= 11 is 0. The van der Waals surface area contributed by atoms with Crippen molar-refractivity contribution in [3.63, 3.8) is 0 Å². The molecule has 2 amide bonds. The number of hydrogen-bond donors (Lipinski definition) is 0. The van der Waals surface area contributed by atoms with Crippen LogP contribution in [0.15, 0.2) is 51.7 Å². The number of carbonyl (C=O) groups excluding carboxylic acids is 2. The highest BCUT2D eigenvalue weighted by atomic mass is 16.4. The molecule has 0 N–H and O–H groups in total. The van der Waals surface area contributed by atoms with E-state index in [-0.39, 0.29) is 18.4 Å². The summed E-state index contributed by atoms with van der Waals surface area (Å²) in [5, 5.41) is 0.735. The average molecular weight is 333 g/mol. The second-order valence-corrected chi connectivity index (χ2v) is 6.27. The van der Waals surface area contributed by atoms with Crippen LogP contribution in [0.2, 0.25) is 0 Å². The van der Waals surface area contributed by atoms with Gasteiger partial charge >= 0.3 is 5.63 Å². The first-order valence-corrected chi connectivity index (χ1v) is 7.95. The van der Waals surface area contributed by atoms with Crippen molar-refractivity contribution in [2.24, 2.45) is 0 Å². The van der Waals surface area contributed by atoms with Crippen molar-refractivity contribution in [2.45, 2.75) is 20.4 Å². The van der Waals surface area contributed by atoms with Crippen LogP contribution >= 0.6 is 0 Å². The monoisotopic (exact) mass is 333 g/mol. The van der Waals surface area contributed by atoms with Crippen LogP contribution in [0.25, 0.3) is 11.0 Å². The van der Waals surface area contributed by atoms with Crippen LogP contribution in [0, 0.1) is 13.8 Å². The molecule has 0 saturated heterocycles. The molecule has 5 heteroatoms. The van der Waals surface area contributed by atoms with Gasteiger partial charge in [0.2, 0.25) is 0 Å². The molecule has 3 aromatic rings. The molecular formula is C20H15NO4. The van der Waals surface area contributed by atoms with E-state index in [1.165, 1.54) is 11.0 Å². The van der Waals surface area contributed by atoms with Crippen molar-refractivity contribution in [1.29, 1.82) is 0 Å². The maximum atomic E-state index is 12.6. The zero-order valence-corrected chi connectivity index (χ0v) is 13.8. The smallest absolute Gasteiger partial charge is 0.336 e. The van der Waals surface area contributed by atoms with Crippen LogP contribution in [-0.4, -0.2) is 16.7 Å². The third kappa shape index (κ3) is 2.36. The molecule has 5 nitrogen and oxygen atoms in total. The number of rotatable bonds is 2. The van der Waals surface area contributed by atoms with Gasteiger partial charge in [0.05, 0.1) is 17.7 Å². The largest absolute Gasteiger partial charge is 0.423 e. The van der Waals surface area contributed by atoms with Crippen molar-refractivity contribution in [3.8, 4) is 0 Å². The van der Waals surface area contributed by atoms with E-state index in [1.807, 2.05) is 19.9 Å². The van der Waals surface area contributed by atoms with Gasteiger partial charge in [0.25, 0.3) is 11.8 Å². The van der Waals surface area contributed by atoms with Crippen molar-refractivity contribution in [3.05, 3.63) is 80.7 Å². The minimum Gasteiger partial charge on any atom is -0.423 e. The Labute approximate surface area is 143 Å². The number of benzene rings is 2. The normalized spacial score (nSPS) is 13.6. The van der Waals surface area contributed by atoms with Gasteiger partial charge in [0, 0.05) is 11.5 Å². The van der Waals surface area contributed by atoms with Crippen molar-refractivity contribution in [1.82, 2.24) is 4.90 Å². The zero-order chi connectivity index (χ0) is 17.7. The predicted octanol–water partition coefficient (Wildman–Crippen LogP) is 3.21. The van der Waals surface area contributed by atoms with E-state index in [2.05, 4.69) is 0 Å². The minimum atomic E-state index is -0.498. The third-order valence-corrected chi connectivity index (χ3v) is 4.65. The number of fused-ring (bicyclic) bond motifs is 2. The van der Waals surface area contributed by atoms with Gasteiger partial charge in [0.1, 0.15) is 5.58 Å². The lowest BCUT2D eigenvalue weighted by atomic mass is 10.0. The summed E-state index contributed by atoms with van der Waals surface area (Å²) in [4.78, 5) is 38.2. The Morgan fingerprint density at radius 2 is 1.48 bits per heavy atom. The highest BCUT2D eigenvalue weighted by Crippen LogP contribution is 2.27. The molecule has 4 rings (SSSR count). The lowest BCUT2D eigenvalue weighted by Gasteiger charge is -2.15. The van der Waals surface area contributed by atoms with Gasteiger partial charge in [-0.1, -0.05) is 12.1 Å². The van der Waals surface area contributed by atoms with E-state index in [0.29, 0.717) is 22.3 Å². The van der Waals surface area contributed by atoms with Crippen molar-refractivity contribution in [2.75, 3.05) is 0 Å². The van der Waals surface area contributed by atoms with E-state index in [9.17, 15) is 14.4 Å². The Morgan fingerprint density at radius 3 is 2.12 bits per heavy atom. The van der Waals surface area contributed by atoms with Gasteiger partial charge in [-0.2, -0.15) is 0 Å². The molecule has 1 aliphatic rings. The summed E-state index contributed by atoms with van der Waals surface area (Å²) in [6.45, 7) is 3.94. The Balaban J connectivity index is 1.82. The van der Waals surface area contributed by atoms with Crippen LogP contribution in [-0.2, 0) is 6.54 Å². The van der Waals surface area contributed by atoms with E-state index in [0.717, 1.165) is 16.5 Å². The highest BCUT2D eigenvalue weighted by Gasteiger charge is 2.35. The molecule has 2 heterocycles. The Morgan fingerprint density at radius 1 is 0.880 bits per heavy atom. The topological polar surface area (TPSA) is 67.6 Å². The summed E-state index contributed by atoms with van der Waals surface area (Å²) in [5.74, 6) is -0.684. The maximum absolute atomic E-state index is 12.6. The third-order valence-electron chi connectivity index (χ3n) is 4.65. The average Bonchev–Trinajstić information content (AvgIpc) is 2.82. The van der Waals surface area contributed by atoms with Gasteiger partial charge in [-0.15, -0.1) is 0 Å². The fourth-order valence-electron chi connectivity index (χ4n) is 3.17. The molecular weight excluding hydrogens is 318 g/mol. The van der Waals surface area contributed by atoms with Crippen LogP contribution in [0.1, 0.15) is 37.4 Å². The summed E-state index contributed by atoms with van der Waals surface area (Å²) < 4.78 is 5.27. The maximum Gasteiger partial charge on any atom is 0.336 e. The number of amides is 2. The SMILES string of the molecule is Cc1cc2oc(=O)cc(CN3C(=O)c4ccccc4C3=O)c2cc1C. The molecule has 0 radical (unpaired) electrons. The fourth-order valence-corrected chi connectivity index (χ4v) is 3.17. The van der Waals surface area contributed by atoms with Gasteiger partial charge in [-0.3, -0.25) is 14.5 Å². The molecule has 124 valence electrons. The summed E-state index contributed by atoms with van der Waals surface area (Å²) in [6, 6.07) is 11.8. The van der Waals surface area contributed by atoms with E-state index in [4.69, 9.17) is 4.42 Å². The molecule has 0 bridgehead atoms. The molecule has 0 saturated carbocycles. The Bertz CT molecular complexity index is 1080. The quantitative estimate of drug-likeness (QED) is 0.533. The number of hydrogen-bond acceptors (Lipinski definition) is 4. The number of aryl methyl sites for hydroxylation is 2. The van der Waals surface area contributed by atoms with Crippen molar-refractivity contribution >= 4 is 22.8 Å². The highest BCUT2D eigenvalue weighted by molar-refractivity contribution is 6.21. The van der Waals surface area contributed by atoms with Gasteiger partial charge in [-0.25, -0.2) is 4.79 Å². The first-order valence-electron chi connectivity index (χ1n) is 7.95. The molecule has 1 aliphatic heterocycles. The summed E-state index contributed by atoms with van der Waals surface area (Å²) in [5.41, 5.74) is 3.41. The Hall–Kier alpha value is -3.21.